The van der Waals surface area contributed by atoms with Gasteiger partial charge in [0.25, 0.3) is 11.8 Å². The molecule has 31 heavy (non-hydrogen) atoms. The van der Waals surface area contributed by atoms with Crippen LogP contribution in [0.15, 0.2) is 72.4 Å². The second kappa shape index (κ2) is 8.11. The number of methoxy groups -OCH3 is 1. The van der Waals surface area contributed by atoms with Gasteiger partial charge in [0.1, 0.15) is 11.4 Å². The van der Waals surface area contributed by atoms with Crippen molar-refractivity contribution in [3.8, 4) is 5.75 Å². The fraction of sp³-hybridized carbons (Fsp3) is 0.154. The summed E-state index contributed by atoms with van der Waals surface area (Å²) in [5, 5.41) is 3.22. The van der Waals surface area contributed by atoms with Gasteiger partial charge in [-0.1, -0.05) is 42.5 Å². The highest BCUT2D eigenvalue weighted by Crippen LogP contribution is 2.38. The number of benzene rings is 3. The highest BCUT2D eigenvalue weighted by molar-refractivity contribution is 6.46. The van der Waals surface area contributed by atoms with Crippen LogP contribution in [0.5, 0.6) is 5.75 Å². The molecular weight excluding hydrogens is 388 g/mol. The monoisotopic (exact) mass is 412 g/mol. The van der Waals surface area contributed by atoms with Crippen LogP contribution in [0.3, 0.4) is 0 Å². The van der Waals surface area contributed by atoms with E-state index in [0.717, 1.165) is 22.4 Å². The molecule has 5 nitrogen and oxygen atoms in total. The van der Waals surface area contributed by atoms with Crippen molar-refractivity contribution in [1.29, 1.82) is 0 Å². The molecule has 0 aliphatic carbocycles. The van der Waals surface area contributed by atoms with Gasteiger partial charge in [-0.05, 0) is 61.7 Å². The predicted molar refractivity (Wildman–Crippen MR) is 123 cm³/mol. The van der Waals surface area contributed by atoms with Gasteiger partial charge >= 0.3 is 0 Å². The zero-order valence-electron chi connectivity index (χ0n) is 18.0. The highest BCUT2D eigenvalue weighted by Gasteiger charge is 2.41. The van der Waals surface area contributed by atoms with Gasteiger partial charge < -0.3 is 10.1 Å². The van der Waals surface area contributed by atoms with E-state index in [2.05, 4.69) is 5.32 Å². The highest BCUT2D eigenvalue weighted by atomic mass is 16.5. The Bertz CT molecular complexity index is 1230. The summed E-state index contributed by atoms with van der Waals surface area (Å²) in [6.07, 6.45) is 0. The smallest absolute Gasteiger partial charge is 0.282 e. The quantitative estimate of drug-likeness (QED) is 0.598. The van der Waals surface area contributed by atoms with Gasteiger partial charge in [-0.15, -0.1) is 0 Å². The van der Waals surface area contributed by atoms with Crippen molar-refractivity contribution in [2.24, 2.45) is 0 Å². The van der Waals surface area contributed by atoms with Crippen LogP contribution in [0.1, 0.15) is 22.3 Å². The first-order valence-electron chi connectivity index (χ1n) is 10.1. The van der Waals surface area contributed by atoms with Gasteiger partial charge in [0.05, 0.1) is 18.4 Å². The van der Waals surface area contributed by atoms with Crippen LogP contribution in [0.2, 0.25) is 0 Å². The zero-order chi connectivity index (χ0) is 22.1. The molecule has 1 N–H and O–H groups in total. The molecule has 3 aromatic rings. The largest absolute Gasteiger partial charge is 0.496 e. The standard InChI is InChI=1S/C26H24N2O3/c1-16-13-14-19(15-18(16)3)27-24-23(20-10-6-8-12-22(20)31-4)25(29)28(26(24)30)21-11-7-5-9-17(21)2/h5-15,27H,1-4H3. The van der Waals surface area contributed by atoms with E-state index in [0.29, 0.717) is 22.6 Å². The summed E-state index contributed by atoms with van der Waals surface area (Å²) in [5.41, 5.74) is 5.52. The Labute approximate surface area is 182 Å². The van der Waals surface area contributed by atoms with Crippen molar-refractivity contribution >= 4 is 28.8 Å². The summed E-state index contributed by atoms with van der Waals surface area (Å²) in [6, 6.07) is 20.5. The van der Waals surface area contributed by atoms with Crippen LogP contribution in [-0.4, -0.2) is 18.9 Å². The Kier molecular flexibility index (Phi) is 5.34. The number of imide groups is 1. The number of carbonyl (C=O) groups is 2. The number of amides is 2. The van der Waals surface area contributed by atoms with Crippen molar-refractivity contribution in [2.75, 3.05) is 17.3 Å². The van der Waals surface area contributed by atoms with Crippen LogP contribution in [0, 0.1) is 20.8 Å². The zero-order valence-corrected chi connectivity index (χ0v) is 18.0. The fourth-order valence-corrected chi connectivity index (χ4v) is 3.74. The number of nitrogens with zero attached hydrogens (tertiary/aromatic N) is 1. The first-order chi connectivity index (χ1) is 14.9. The lowest BCUT2D eigenvalue weighted by atomic mass is 10.0. The summed E-state index contributed by atoms with van der Waals surface area (Å²) in [4.78, 5) is 28.4. The van der Waals surface area contributed by atoms with Crippen LogP contribution in [0.4, 0.5) is 11.4 Å². The number of carbonyl (C=O) groups excluding carboxylic acids is 2. The third-order valence-corrected chi connectivity index (χ3v) is 5.59. The molecule has 0 aromatic heterocycles. The van der Waals surface area contributed by atoms with Gasteiger partial charge in [-0.2, -0.15) is 0 Å². The Balaban J connectivity index is 1.88. The number of rotatable bonds is 5. The minimum absolute atomic E-state index is 0.237. The number of para-hydroxylation sites is 2. The average Bonchev–Trinajstić information content (AvgIpc) is 3.00. The topological polar surface area (TPSA) is 58.6 Å². The normalized spacial score (nSPS) is 13.7. The van der Waals surface area contributed by atoms with E-state index in [4.69, 9.17) is 4.74 Å². The molecule has 156 valence electrons. The fourth-order valence-electron chi connectivity index (χ4n) is 3.74. The van der Waals surface area contributed by atoms with Crippen molar-refractivity contribution in [3.05, 3.63) is 94.7 Å². The molecule has 0 fully saturated rings. The molecule has 4 rings (SSSR count). The third kappa shape index (κ3) is 3.59. The Hall–Kier alpha value is -3.86. The van der Waals surface area contributed by atoms with E-state index in [1.54, 1.807) is 25.3 Å². The van der Waals surface area contributed by atoms with Crippen molar-refractivity contribution in [2.45, 2.75) is 20.8 Å². The number of hydrogen-bond acceptors (Lipinski definition) is 4. The summed E-state index contributed by atoms with van der Waals surface area (Å²) in [6.45, 7) is 5.92. The lowest BCUT2D eigenvalue weighted by Crippen LogP contribution is -2.33. The second-order valence-electron chi connectivity index (χ2n) is 7.61. The molecule has 1 heterocycles. The van der Waals surface area contributed by atoms with E-state index in [1.165, 1.54) is 4.90 Å². The summed E-state index contributed by atoms with van der Waals surface area (Å²) >= 11 is 0. The van der Waals surface area contributed by atoms with E-state index >= 15 is 0 Å². The first kappa shape index (κ1) is 20.4. The molecule has 0 radical (unpaired) electrons. The van der Waals surface area contributed by atoms with E-state index < -0.39 is 5.91 Å². The Morgan fingerprint density at radius 3 is 2.19 bits per heavy atom. The molecular formula is C26H24N2O3. The van der Waals surface area contributed by atoms with Crippen molar-refractivity contribution in [1.82, 2.24) is 0 Å². The van der Waals surface area contributed by atoms with Crippen LogP contribution >= 0.6 is 0 Å². The van der Waals surface area contributed by atoms with E-state index in [1.807, 2.05) is 69.3 Å². The number of ether oxygens (including phenoxy) is 1. The first-order valence-corrected chi connectivity index (χ1v) is 10.1. The molecule has 0 bridgehead atoms. The molecule has 1 aliphatic heterocycles. The molecule has 0 saturated heterocycles. The second-order valence-corrected chi connectivity index (χ2v) is 7.61. The molecule has 0 spiro atoms. The molecule has 3 aromatic carbocycles. The molecule has 1 aliphatic rings. The number of nitrogens with one attached hydrogen (secondary N) is 1. The third-order valence-electron chi connectivity index (χ3n) is 5.59. The van der Waals surface area contributed by atoms with Crippen LogP contribution in [-0.2, 0) is 9.59 Å². The Morgan fingerprint density at radius 2 is 1.48 bits per heavy atom. The lowest BCUT2D eigenvalue weighted by Gasteiger charge is -2.18. The number of anilines is 2. The maximum Gasteiger partial charge on any atom is 0.282 e. The summed E-state index contributed by atoms with van der Waals surface area (Å²) in [7, 11) is 1.55. The molecule has 0 saturated carbocycles. The van der Waals surface area contributed by atoms with Crippen LogP contribution < -0.4 is 15.0 Å². The maximum atomic E-state index is 13.6. The lowest BCUT2D eigenvalue weighted by molar-refractivity contribution is -0.120. The molecule has 2 amide bonds. The molecule has 5 heteroatoms. The van der Waals surface area contributed by atoms with Crippen molar-refractivity contribution in [3.63, 3.8) is 0 Å². The molecule has 0 atom stereocenters. The average molecular weight is 412 g/mol. The van der Waals surface area contributed by atoms with Crippen LogP contribution in [0.25, 0.3) is 5.57 Å². The van der Waals surface area contributed by atoms with Gasteiger partial charge in [-0.25, -0.2) is 4.90 Å². The van der Waals surface area contributed by atoms with Gasteiger partial charge in [0, 0.05) is 11.3 Å². The van der Waals surface area contributed by atoms with Gasteiger partial charge in [0.2, 0.25) is 0 Å². The predicted octanol–water partition coefficient (Wildman–Crippen LogP) is 5.02. The minimum Gasteiger partial charge on any atom is -0.496 e. The summed E-state index contributed by atoms with van der Waals surface area (Å²) < 4.78 is 5.50. The van der Waals surface area contributed by atoms with Gasteiger partial charge in [0.15, 0.2) is 0 Å². The minimum atomic E-state index is -0.390. The summed E-state index contributed by atoms with van der Waals surface area (Å²) in [5.74, 6) is -0.238. The number of aryl methyl sites for hydroxylation is 3. The number of hydrogen-bond donors (Lipinski definition) is 1. The SMILES string of the molecule is COc1ccccc1C1=C(Nc2ccc(C)c(C)c2)C(=O)N(c2ccccc2C)C1=O. The molecule has 0 unspecified atom stereocenters. The van der Waals surface area contributed by atoms with E-state index in [9.17, 15) is 9.59 Å². The van der Waals surface area contributed by atoms with Crippen molar-refractivity contribution < 1.29 is 14.3 Å². The maximum absolute atomic E-state index is 13.6. The Morgan fingerprint density at radius 1 is 0.774 bits per heavy atom. The van der Waals surface area contributed by atoms with E-state index in [-0.39, 0.29) is 11.6 Å². The van der Waals surface area contributed by atoms with Gasteiger partial charge in [-0.3, -0.25) is 9.59 Å².